The number of aromatic nitrogens is 1. The van der Waals surface area contributed by atoms with E-state index in [1.54, 1.807) is 22.3 Å². The Bertz CT molecular complexity index is 1150. The first-order valence-corrected chi connectivity index (χ1v) is 11.4. The number of thiophene rings is 1. The van der Waals surface area contributed by atoms with Gasteiger partial charge >= 0.3 is 6.09 Å². The van der Waals surface area contributed by atoms with Crippen molar-refractivity contribution in [2.24, 2.45) is 5.73 Å². The number of hydrogen-bond acceptors (Lipinski definition) is 6. The first-order chi connectivity index (χ1) is 15.5. The molecule has 4 rings (SSSR count). The SMILES string of the molecule is C=CCCOC(=O)N1CCN(C(=O)c2ccc3c(C)cc(-c4cccs4)nc3c2)C[C@H]1N. The number of aryl methyl sites for hydroxylation is 1. The van der Waals surface area contributed by atoms with Crippen LogP contribution in [0.3, 0.4) is 0 Å². The number of ether oxygens (including phenoxy) is 1. The van der Waals surface area contributed by atoms with Crippen molar-refractivity contribution < 1.29 is 14.3 Å². The summed E-state index contributed by atoms with van der Waals surface area (Å²) in [6.07, 6.45) is 1.20. The highest BCUT2D eigenvalue weighted by molar-refractivity contribution is 7.13. The zero-order valence-corrected chi connectivity index (χ0v) is 18.8. The van der Waals surface area contributed by atoms with Crippen LogP contribution in [-0.4, -0.2) is 59.2 Å². The first-order valence-electron chi connectivity index (χ1n) is 10.5. The molecule has 3 heterocycles. The van der Waals surface area contributed by atoms with Gasteiger partial charge in [-0.1, -0.05) is 18.2 Å². The summed E-state index contributed by atoms with van der Waals surface area (Å²) in [6.45, 7) is 6.89. The van der Waals surface area contributed by atoms with Gasteiger partial charge in [-0.15, -0.1) is 17.9 Å². The van der Waals surface area contributed by atoms with Crippen LogP contribution in [-0.2, 0) is 4.74 Å². The third-order valence-corrected chi connectivity index (χ3v) is 6.42. The number of rotatable bonds is 5. The molecule has 0 saturated carbocycles. The maximum absolute atomic E-state index is 13.2. The Morgan fingerprint density at radius 2 is 2.16 bits per heavy atom. The van der Waals surface area contributed by atoms with E-state index in [1.165, 1.54) is 4.90 Å². The van der Waals surface area contributed by atoms with Crippen molar-refractivity contribution in [2.75, 3.05) is 26.2 Å². The van der Waals surface area contributed by atoms with E-state index in [2.05, 4.69) is 19.6 Å². The van der Waals surface area contributed by atoms with Crippen LogP contribution in [0.5, 0.6) is 0 Å². The maximum atomic E-state index is 13.2. The summed E-state index contributed by atoms with van der Waals surface area (Å²) < 4.78 is 5.20. The highest BCUT2D eigenvalue weighted by atomic mass is 32.1. The van der Waals surface area contributed by atoms with Crippen LogP contribution in [0.1, 0.15) is 22.3 Å². The molecule has 3 aromatic rings. The second-order valence-corrected chi connectivity index (χ2v) is 8.68. The summed E-state index contributed by atoms with van der Waals surface area (Å²) in [4.78, 5) is 34.4. The van der Waals surface area contributed by atoms with Gasteiger partial charge in [-0.3, -0.25) is 9.69 Å². The van der Waals surface area contributed by atoms with Crippen LogP contribution < -0.4 is 5.73 Å². The normalized spacial score (nSPS) is 16.2. The molecule has 0 radical (unpaired) electrons. The monoisotopic (exact) mass is 450 g/mol. The highest BCUT2D eigenvalue weighted by Crippen LogP contribution is 2.28. The van der Waals surface area contributed by atoms with Crippen molar-refractivity contribution in [3.8, 4) is 10.6 Å². The standard InChI is InChI=1S/C24H26N4O3S/c1-3-4-11-31-24(30)28-10-9-27(15-22(28)25)23(29)17-7-8-18-16(2)13-20(26-19(18)14-17)21-6-5-12-32-21/h3,5-8,12-14,22H,1,4,9-11,15,25H2,2H3/t22-/m0/s1. The summed E-state index contributed by atoms with van der Waals surface area (Å²) in [6, 6.07) is 11.7. The molecular formula is C24H26N4O3S. The number of amides is 2. The number of pyridine rings is 1. The lowest BCUT2D eigenvalue weighted by Crippen LogP contribution is -2.60. The van der Waals surface area contributed by atoms with Gasteiger partial charge in [-0.2, -0.15) is 0 Å². The van der Waals surface area contributed by atoms with Gasteiger partial charge in [0.1, 0.15) is 6.17 Å². The largest absolute Gasteiger partial charge is 0.449 e. The molecule has 1 aliphatic heterocycles. The van der Waals surface area contributed by atoms with Gasteiger partial charge in [0.25, 0.3) is 5.91 Å². The molecule has 1 aliphatic rings. The summed E-state index contributed by atoms with van der Waals surface area (Å²) in [5, 5.41) is 3.04. The van der Waals surface area contributed by atoms with E-state index < -0.39 is 12.3 Å². The lowest BCUT2D eigenvalue weighted by Gasteiger charge is -2.38. The molecule has 0 unspecified atom stereocenters. The Balaban J connectivity index is 1.50. The molecule has 2 aromatic heterocycles. The topological polar surface area (TPSA) is 88.8 Å². The van der Waals surface area contributed by atoms with Gasteiger partial charge in [0, 0.05) is 24.0 Å². The number of nitrogens with zero attached hydrogens (tertiary/aromatic N) is 3. The van der Waals surface area contributed by atoms with E-state index in [0.717, 1.165) is 27.0 Å². The van der Waals surface area contributed by atoms with Gasteiger partial charge in [-0.25, -0.2) is 9.78 Å². The Labute approximate surface area is 191 Å². The molecule has 32 heavy (non-hydrogen) atoms. The van der Waals surface area contributed by atoms with E-state index >= 15 is 0 Å². The van der Waals surface area contributed by atoms with Gasteiger partial charge in [0.2, 0.25) is 0 Å². The van der Waals surface area contributed by atoms with Gasteiger partial charge in [0.05, 0.1) is 29.2 Å². The molecule has 166 valence electrons. The number of nitrogens with two attached hydrogens (primary N) is 1. The molecular weight excluding hydrogens is 424 g/mol. The smallest absolute Gasteiger partial charge is 0.411 e. The average Bonchev–Trinajstić information content (AvgIpc) is 3.33. The number of carbonyl (C=O) groups is 2. The van der Waals surface area contributed by atoms with Gasteiger partial charge in [0.15, 0.2) is 0 Å². The predicted octanol–water partition coefficient (Wildman–Crippen LogP) is 4.03. The van der Waals surface area contributed by atoms with Crippen molar-refractivity contribution in [1.82, 2.24) is 14.8 Å². The fourth-order valence-corrected chi connectivity index (χ4v) is 4.49. The summed E-state index contributed by atoms with van der Waals surface area (Å²) >= 11 is 1.64. The summed E-state index contributed by atoms with van der Waals surface area (Å²) in [5.41, 5.74) is 9.53. The van der Waals surface area contributed by atoms with Crippen molar-refractivity contribution >= 4 is 34.2 Å². The van der Waals surface area contributed by atoms with Crippen molar-refractivity contribution in [2.45, 2.75) is 19.5 Å². The number of piperazine rings is 1. The van der Waals surface area contributed by atoms with E-state index in [4.69, 9.17) is 15.5 Å². The van der Waals surface area contributed by atoms with Crippen LogP contribution >= 0.6 is 11.3 Å². The minimum absolute atomic E-state index is 0.122. The lowest BCUT2D eigenvalue weighted by molar-refractivity contribution is 0.0394. The number of hydrogen-bond donors (Lipinski definition) is 1. The van der Waals surface area contributed by atoms with E-state index in [0.29, 0.717) is 25.1 Å². The van der Waals surface area contributed by atoms with Gasteiger partial charge in [-0.05, 0) is 48.6 Å². The fourth-order valence-electron chi connectivity index (χ4n) is 3.80. The molecule has 0 spiro atoms. The van der Waals surface area contributed by atoms with Crippen molar-refractivity contribution in [1.29, 1.82) is 0 Å². The van der Waals surface area contributed by atoms with Crippen LogP contribution in [0.4, 0.5) is 4.79 Å². The quantitative estimate of drug-likeness (QED) is 0.468. The zero-order valence-electron chi connectivity index (χ0n) is 18.0. The fraction of sp³-hybridized carbons (Fsp3) is 0.292. The molecule has 8 heteroatoms. The van der Waals surface area contributed by atoms with Crippen LogP contribution in [0.2, 0.25) is 0 Å². The number of benzene rings is 1. The second-order valence-electron chi connectivity index (χ2n) is 7.74. The minimum atomic E-state index is -0.616. The average molecular weight is 451 g/mol. The molecule has 0 aliphatic carbocycles. The van der Waals surface area contributed by atoms with Gasteiger partial charge < -0.3 is 15.4 Å². The minimum Gasteiger partial charge on any atom is -0.449 e. The second kappa shape index (κ2) is 9.50. The third kappa shape index (κ3) is 4.51. The Kier molecular flexibility index (Phi) is 6.53. The van der Waals surface area contributed by atoms with E-state index in [-0.39, 0.29) is 19.1 Å². The number of carbonyl (C=O) groups excluding carboxylic acids is 2. The maximum Gasteiger partial charge on any atom is 0.411 e. The summed E-state index contributed by atoms with van der Waals surface area (Å²) in [7, 11) is 0. The van der Waals surface area contributed by atoms with Crippen molar-refractivity contribution in [3.63, 3.8) is 0 Å². The Morgan fingerprint density at radius 1 is 1.31 bits per heavy atom. The van der Waals surface area contributed by atoms with E-state index in [9.17, 15) is 9.59 Å². The lowest BCUT2D eigenvalue weighted by atomic mass is 10.0. The van der Waals surface area contributed by atoms with Crippen molar-refractivity contribution in [3.05, 3.63) is 65.6 Å². The first kappa shape index (κ1) is 22.0. The molecule has 1 fully saturated rings. The molecule has 1 saturated heterocycles. The molecule has 7 nitrogen and oxygen atoms in total. The summed E-state index contributed by atoms with van der Waals surface area (Å²) in [5.74, 6) is -0.122. The molecule has 1 aromatic carbocycles. The Hall–Kier alpha value is -3.23. The van der Waals surface area contributed by atoms with Crippen LogP contribution in [0.25, 0.3) is 21.5 Å². The molecule has 2 N–H and O–H groups in total. The van der Waals surface area contributed by atoms with E-state index in [1.807, 2.05) is 35.7 Å². The molecule has 1 atom stereocenters. The Morgan fingerprint density at radius 3 is 2.88 bits per heavy atom. The highest BCUT2D eigenvalue weighted by Gasteiger charge is 2.31. The van der Waals surface area contributed by atoms with Crippen LogP contribution in [0, 0.1) is 6.92 Å². The third-order valence-electron chi connectivity index (χ3n) is 5.53. The number of fused-ring (bicyclic) bond motifs is 1. The zero-order chi connectivity index (χ0) is 22.7. The van der Waals surface area contributed by atoms with Crippen LogP contribution in [0.15, 0.2) is 54.4 Å². The predicted molar refractivity (Wildman–Crippen MR) is 127 cm³/mol. The molecule has 0 bridgehead atoms. The molecule has 2 amide bonds.